The van der Waals surface area contributed by atoms with Crippen LogP contribution >= 0.6 is 0 Å². The molecule has 0 bridgehead atoms. The fourth-order valence-corrected chi connectivity index (χ4v) is 4.27. The molecular formula is C18H28N2O4Se. The molecule has 0 radical (unpaired) electrons. The van der Waals surface area contributed by atoms with Crippen molar-refractivity contribution in [3.63, 3.8) is 0 Å². The Morgan fingerprint density at radius 1 is 1.24 bits per heavy atom. The number of esters is 1. The first-order valence-corrected chi connectivity index (χ1v) is 10.1. The van der Waals surface area contributed by atoms with Crippen LogP contribution in [0.3, 0.4) is 0 Å². The number of hydrogen-bond donors (Lipinski definition) is 1. The maximum absolute atomic E-state index is 12.0. The van der Waals surface area contributed by atoms with Gasteiger partial charge in [-0.05, 0) is 0 Å². The topological polar surface area (TPSA) is 67.9 Å². The van der Waals surface area contributed by atoms with E-state index in [2.05, 4.69) is 22.3 Å². The standard InChI is InChI=1S/C18H28N2O4Se/c1-18(2,3)24-17(22)19-14(16(21)23-6)12-25-15-10-8-7-9-13(15)11-20(4)5/h7-10,14H,11-12H2,1-6H3,(H,19,22)/t14-/m0/s1. The quantitative estimate of drug-likeness (QED) is 0.541. The summed E-state index contributed by atoms with van der Waals surface area (Å²) in [5, 5.41) is 3.13. The van der Waals surface area contributed by atoms with Crippen molar-refractivity contribution in [2.75, 3.05) is 21.2 Å². The van der Waals surface area contributed by atoms with E-state index in [0.717, 1.165) is 6.54 Å². The van der Waals surface area contributed by atoms with Gasteiger partial charge in [0.15, 0.2) is 0 Å². The van der Waals surface area contributed by atoms with Crippen molar-refractivity contribution in [2.45, 2.75) is 44.3 Å². The summed E-state index contributed by atoms with van der Waals surface area (Å²) >= 11 is 0.0144. The van der Waals surface area contributed by atoms with E-state index in [1.807, 2.05) is 26.2 Å². The fourth-order valence-electron chi connectivity index (χ4n) is 2.05. The van der Waals surface area contributed by atoms with Crippen molar-refractivity contribution in [1.82, 2.24) is 10.2 Å². The molecule has 0 saturated heterocycles. The Labute approximate surface area is 156 Å². The summed E-state index contributed by atoms with van der Waals surface area (Å²) in [6.07, 6.45) is -0.611. The predicted octanol–water partition coefficient (Wildman–Crippen LogP) is 1.56. The van der Waals surface area contributed by atoms with Crippen LogP contribution in [0.2, 0.25) is 5.32 Å². The molecule has 25 heavy (non-hydrogen) atoms. The second kappa shape index (κ2) is 9.80. The third-order valence-electron chi connectivity index (χ3n) is 3.04. The molecule has 0 fully saturated rings. The number of hydrogen-bond acceptors (Lipinski definition) is 5. The van der Waals surface area contributed by atoms with Gasteiger partial charge in [0.2, 0.25) is 0 Å². The summed E-state index contributed by atoms with van der Waals surface area (Å²) in [6.45, 7) is 6.17. The zero-order valence-electron chi connectivity index (χ0n) is 15.8. The van der Waals surface area contributed by atoms with Crippen molar-refractivity contribution >= 4 is 31.5 Å². The zero-order valence-corrected chi connectivity index (χ0v) is 17.5. The Kier molecular flexibility index (Phi) is 8.42. The first-order chi connectivity index (χ1) is 11.6. The summed E-state index contributed by atoms with van der Waals surface area (Å²) in [5.74, 6) is -0.460. The van der Waals surface area contributed by atoms with Gasteiger partial charge in [-0.25, -0.2) is 0 Å². The third kappa shape index (κ3) is 8.38. The van der Waals surface area contributed by atoms with Crippen LogP contribution in [-0.4, -0.2) is 64.8 Å². The van der Waals surface area contributed by atoms with Crippen LogP contribution in [0.4, 0.5) is 4.79 Å². The van der Waals surface area contributed by atoms with Crippen molar-refractivity contribution in [2.24, 2.45) is 0 Å². The average Bonchev–Trinajstić information content (AvgIpc) is 2.49. The maximum atomic E-state index is 12.0. The summed E-state index contributed by atoms with van der Waals surface area (Å²) in [5.41, 5.74) is 0.613. The zero-order chi connectivity index (χ0) is 19.0. The minimum atomic E-state index is -0.715. The summed E-state index contributed by atoms with van der Waals surface area (Å²) in [4.78, 5) is 26.1. The van der Waals surface area contributed by atoms with Crippen molar-refractivity contribution in [1.29, 1.82) is 0 Å². The van der Waals surface area contributed by atoms with E-state index < -0.39 is 23.7 Å². The number of amides is 1. The molecule has 0 aliphatic heterocycles. The van der Waals surface area contributed by atoms with Gasteiger partial charge in [-0.2, -0.15) is 0 Å². The van der Waals surface area contributed by atoms with Gasteiger partial charge in [-0.1, -0.05) is 0 Å². The molecule has 0 heterocycles. The number of nitrogens with zero attached hydrogens (tertiary/aromatic N) is 1. The Hall–Kier alpha value is -1.56. The van der Waals surface area contributed by atoms with Gasteiger partial charge in [-0.15, -0.1) is 0 Å². The number of carbonyl (C=O) groups excluding carboxylic acids is 2. The van der Waals surface area contributed by atoms with Gasteiger partial charge >= 0.3 is 156 Å². The van der Waals surface area contributed by atoms with E-state index in [9.17, 15) is 9.59 Å². The van der Waals surface area contributed by atoms with E-state index in [1.54, 1.807) is 20.8 Å². The van der Waals surface area contributed by atoms with E-state index in [4.69, 9.17) is 9.47 Å². The molecule has 140 valence electrons. The molecule has 1 N–H and O–H groups in total. The number of rotatable bonds is 7. The van der Waals surface area contributed by atoms with Gasteiger partial charge in [0.1, 0.15) is 0 Å². The number of benzene rings is 1. The van der Waals surface area contributed by atoms with Gasteiger partial charge < -0.3 is 0 Å². The van der Waals surface area contributed by atoms with E-state index in [-0.39, 0.29) is 15.0 Å². The first-order valence-electron chi connectivity index (χ1n) is 8.05. The van der Waals surface area contributed by atoms with Crippen LogP contribution in [0.25, 0.3) is 0 Å². The Bertz CT molecular complexity index is 585. The average molecular weight is 415 g/mol. The molecule has 0 aromatic heterocycles. The second-order valence-electron chi connectivity index (χ2n) is 6.88. The summed E-state index contributed by atoms with van der Waals surface area (Å²) in [6, 6.07) is 7.44. The molecule has 1 rings (SSSR count). The molecule has 0 unspecified atom stereocenters. The normalized spacial score (nSPS) is 12.6. The fraction of sp³-hybridized carbons (Fsp3) is 0.556. The molecule has 1 aromatic rings. The molecule has 0 spiro atoms. The molecule has 1 atom stereocenters. The van der Waals surface area contributed by atoms with Crippen LogP contribution in [0, 0.1) is 0 Å². The Balaban J connectivity index is 2.77. The van der Waals surface area contributed by atoms with E-state index in [1.165, 1.54) is 17.1 Å². The van der Waals surface area contributed by atoms with Gasteiger partial charge in [0.25, 0.3) is 0 Å². The summed E-state index contributed by atoms with van der Waals surface area (Å²) < 4.78 is 11.3. The third-order valence-corrected chi connectivity index (χ3v) is 5.58. The molecule has 1 amide bonds. The molecule has 6 nitrogen and oxygen atoms in total. The first kappa shape index (κ1) is 21.5. The molecule has 0 aliphatic carbocycles. The van der Waals surface area contributed by atoms with Crippen LogP contribution < -0.4 is 9.78 Å². The van der Waals surface area contributed by atoms with Gasteiger partial charge in [0.05, 0.1) is 0 Å². The molecule has 0 saturated carbocycles. The second-order valence-corrected chi connectivity index (χ2v) is 9.11. The predicted molar refractivity (Wildman–Crippen MR) is 99.2 cm³/mol. The monoisotopic (exact) mass is 416 g/mol. The van der Waals surface area contributed by atoms with Crippen LogP contribution in [-0.2, 0) is 20.8 Å². The molecule has 1 aromatic carbocycles. The Morgan fingerprint density at radius 2 is 1.88 bits per heavy atom. The number of alkyl carbamates (subject to hydrolysis) is 1. The van der Waals surface area contributed by atoms with E-state index >= 15 is 0 Å². The number of ether oxygens (including phenoxy) is 2. The van der Waals surface area contributed by atoms with Crippen molar-refractivity contribution in [3.8, 4) is 0 Å². The minimum absolute atomic E-state index is 0.0144. The van der Waals surface area contributed by atoms with E-state index in [0.29, 0.717) is 5.32 Å². The van der Waals surface area contributed by atoms with Crippen LogP contribution in [0.5, 0.6) is 0 Å². The molecule has 7 heteroatoms. The van der Waals surface area contributed by atoms with Gasteiger partial charge in [0, 0.05) is 0 Å². The number of nitrogens with one attached hydrogen (secondary N) is 1. The van der Waals surface area contributed by atoms with Crippen LogP contribution in [0.15, 0.2) is 24.3 Å². The van der Waals surface area contributed by atoms with Gasteiger partial charge in [-0.3, -0.25) is 0 Å². The van der Waals surface area contributed by atoms with Crippen molar-refractivity contribution in [3.05, 3.63) is 29.8 Å². The molecule has 0 aliphatic rings. The number of carbonyl (C=O) groups is 2. The number of methoxy groups -OCH3 is 1. The summed E-state index contributed by atoms with van der Waals surface area (Å²) in [7, 11) is 5.36. The van der Waals surface area contributed by atoms with Crippen LogP contribution in [0.1, 0.15) is 26.3 Å². The Morgan fingerprint density at radius 3 is 2.44 bits per heavy atom. The van der Waals surface area contributed by atoms with Crippen molar-refractivity contribution < 1.29 is 19.1 Å². The molecular weight excluding hydrogens is 387 g/mol. The SMILES string of the molecule is COC(=O)[C@H](C[Se]c1ccccc1CN(C)C)NC(=O)OC(C)(C)C.